The standard InChI is InChI=1S/C24H24F3N3O3/c1-13(28(2)3)14-6-7-29(11-14)22-10-21-16(9-19(22)27)23(31)17(24(32)33)12-30(21)20-5-4-15(25)8-18(20)26/h4-5,8-10,12-14H,6-7,11H2,1-3H3,(H,32,33)/t13-,14?/m0/s1. The molecule has 2 atom stereocenters. The maximum absolute atomic E-state index is 15.2. The van der Waals surface area contributed by atoms with Gasteiger partial charge in [0.1, 0.15) is 23.0 Å². The summed E-state index contributed by atoms with van der Waals surface area (Å²) in [5.74, 6) is -3.62. The van der Waals surface area contributed by atoms with E-state index in [9.17, 15) is 23.5 Å². The number of anilines is 1. The minimum atomic E-state index is -1.53. The third-order valence-electron chi connectivity index (χ3n) is 6.53. The van der Waals surface area contributed by atoms with Crippen molar-refractivity contribution in [1.29, 1.82) is 0 Å². The van der Waals surface area contributed by atoms with E-state index < -0.39 is 34.4 Å². The SMILES string of the molecule is C[C@@H](C1CCN(c2cc3c(cc2F)c(=O)c(C(=O)O)cn3-c2ccc(F)cc2F)C1)N(C)C. The van der Waals surface area contributed by atoms with Crippen LogP contribution in [0.1, 0.15) is 23.7 Å². The molecule has 1 N–H and O–H groups in total. The summed E-state index contributed by atoms with van der Waals surface area (Å²) in [5, 5.41) is 9.26. The molecule has 9 heteroatoms. The second-order valence-corrected chi connectivity index (χ2v) is 8.66. The van der Waals surface area contributed by atoms with Crippen LogP contribution in [0.25, 0.3) is 16.6 Å². The number of hydrogen-bond acceptors (Lipinski definition) is 4. The van der Waals surface area contributed by atoms with Gasteiger partial charge in [-0.2, -0.15) is 0 Å². The number of carboxylic acids is 1. The number of carboxylic acid groups (broad SMARTS) is 1. The van der Waals surface area contributed by atoms with Crippen molar-refractivity contribution in [3.8, 4) is 5.69 Å². The van der Waals surface area contributed by atoms with Crippen LogP contribution in [0.3, 0.4) is 0 Å². The zero-order valence-corrected chi connectivity index (χ0v) is 18.5. The van der Waals surface area contributed by atoms with Crippen molar-refractivity contribution in [2.45, 2.75) is 19.4 Å². The quantitative estimate of drug-likeness (QED) is 0.627. The Hall–Kier alpha value is -3.33. The molecule has 1 unspecified atom stereocenters. The molecule has 1 saturated heterocycles. The Morgan fingerprint density at radius 1 is 1.12 bits per heavy atom. The van der Waals surface area contributed by atoms with Crippen LogP contribution in [-0.2, 0) is 0 Å². The van der Waals surface area contributed by atoms with Gasteiger partial charge < -0.3 is 19.5 Å². The third kappa shape index (κ3) is 4.08. The highest BCUT2D eigenvalue weighted by Gasteiger charge is 2.30. The molecule has 1 aromatic heterocycles. The van der Waals surface area contributed by atoms with Crippen LogP contribution in [0.5, 0.6) is 0 Å². The summed E-state index contributed by atoms with van der Waals surface area (Å²) in [4.78, 5) is 28.4. The molecular weight excluding hydrogens is 435 g/mol. The molecule has 0 aliphatic carbocycles. The number of fused-ring (bicyclic) bond motifs is 1. The Kier molecular flexibility index (Phi) is 5.92. The molecule has 3 aromatic rings. The summed E-state index contributed by atoms with van der Waals surface area (Å²) in [6.07, 6.45) is 1.85. The Morgan fingerprint density at radius 3 is 2.45 bits per heavy atom. The van der Waals surface area contributed by atoms with E-state index in [2.05, 4.69) is 11.8 Å². The average Bonchev–Trinajstić information content (AvgIpc) is 3.23. The van der Waals surface area contributed by atoms with Gasteiger partial charge in [-0.1, -0.05) is 0 Å². The molecule has 4 rings (SSSR count). The van der Waals surface area contributed by atoms with Crippen molar-refractivity contribution in [1.82, 2.24) is 9.47 Å². The van der Waals surface area contributed by atoms with Crippen molar-refractivity contribution < 1.29 is 23.1 Å². The van der Waals surface area contributed by atoms with Crippen molar-refractivity contribution >= 4 is 22.6 Å². The summed E-state index contributed by atoms with van der Waals surface area (Å²) in [5.41, 5.74) is -1.28. The molecule has 1 aliphatic rings. The first-order chi connectivity index (χ1) is 15.6. The Bertz CT molecular complexity index is 1310. The first-order valence-corrected chi connectivity index (χ1v) is 10.6. The molecular formula is C24H24F3N3O3. The molecule has 0 amide bonds. The lowest BCUT2D eigenvalue weighted by molar-refractivity contribution is 0.0695. The van der Waals surface area contributed by atoms with Gasteiger partial charge in [0.15, 0.2) is 0 Å². The van der Waals surface area contributed by atoms with Gasteiger partial charge >= 0.3 is 5.97 Å². The predicted octanol–water partition coefficient (Wildman–Crippen LogP) is 3.88. The van der Waals surface area contributed by atoms with Gasteiger partial charge in [-0.15, -0.1) is 0 Å². The summed E-state index contributed by atoms with van der Waals surface area (Å²) in [7, 11) is 3.97. The van der Waals surface area contributed by atoms with Crippen LogP contribution in [0, 0.1) is 23.4 Å². The van der Waals surface area contributed by atoms with Gasteiger partial charge in [0.2, 0.25) is 5.43 Å². The van der Waals surface area contributed by atoms with Gasteiger partial charge in [-0.3, -0.25) is 4.79 Å². The number of carbonyl (C=O) groups is 1. The van der Waals surface area contributed by atoms with Gasteiger partial charge in [-0.05, 0) is 57.6 Å². The van der Waals surface area contributed by atoms with Gasteiger partial charge in [-0.25, -0.2) is 18.0 Å². The Morgan fingerprint density at radius 2 is 1.82 bits per heavy atom. The fourth-order valence-corrected chi connectivity index (χ4v) is 4.43. The zero-order chi connectivity index (χ0) is 24.0. The molecule has 1 aliphatic heterocycles. The molecule has 0 radical (unpaired) electrons. The fraction of sp³-hybridized carbons (Fsp3) is 0.333. The summed E-state index contributed by atoms with van der Waals surface area (Å²) in [6.45, 7) is 3.31. The predicted molar refractivity (Wildman–Crippen MR) is 120 cm³/mol. The lowest BCUT2D eigenvalue weighted by Gasteiger charge is -2.27. The van der Waals surface area contributed by atoms with E-state index in [1.165, 1.54) is 6.07 Å². The molecule has 33 heavy (non-hydrogen) atoms. The highest BCUT2D eigenvalue weighted by Crippen LogP contribution is 2.32. The number of aromatic carboxylic acids is 1. The van der Waals surface area contributed by atoms with Crippen LogP contribution in [0.2, 0.25) is 0 Å². The summed E-state index contributed by atoms with van der Waals surface area (Å²) in [6, 6.07) is 5.55. The number of hydrogen-bond donors (Lipinski definition) is 1. The molecule has 174 valence electrons. The van der Waals surface area contributed by atoms with Crippen LogP contribution in [0.15, 0.2) is 41.3 Å². The minimum Gasteiger partial charge on any atom is -0.477 e. The third-order valence-corrected chi connectivity index (χ3v) is 6.53. The number of rotatable bonds is 5. The largest absolute Gasteiger partial charge is 0.477 e. The molecule has 2 aromatic carbocycles. The Balaban J connectivity index is 1.91. The second kappa shape index (κ2) is 8.55. The first-order valence-electron chi connectivity index (χ1n) is 10.6. The Labute approximate surface area is 188 Å². The van der Waals surface area contributed by atoms with Crippen molar-refractivity contribution in [2.24, 2.45) is 5.92 Å². The number of benzene rings is 2. The van der Waals surface area contributed by atoms with E-state index in [-0.39, 0.29) is 28.3 Å². The van der Waals surface area contributed by atoms with Crippen LogP contribution in [0.4, 0.5) is 18.9 Å². The summed E-state index contributed by atoms with van der Waals surface area (Å²) >= 11 is 0. The topological polar surface area (TPSA) is 65.8 Å². The maximum atomic E-state index is 15.2. The van der Waals surface area contributed by atoms with E-state index >= 15 is 4.39 Å². The van der Waals surface area contributed by atoms with E-state index in [4.69, 9.17) is 0 Å². The normalized spacial score (nSPS) is 17.2. The highest BCUT2D eigenvalue weighted by molar-refractivity contribution is 5.94. The number of pyridine rings is 1. The monoisotopic (exact) mass is 459 g/mol. The van der Waals surface area contributed by atoms with E-state index in [1.807, 2.05) is 19.0 Å². The average molecular weight is 459 g/mol. The first kappa shape index (κ1) is 22.8. The number of nitrogens with zero attached hydrogens (tertiary/aromatic N) is 3. The maximum Gasteiger partial charge on any atom is 0.341 e. The van der Waals surface area contributed by atoms with E-state index in [0.29, 0.717) is 25.1 Å². The molecule has 2 heterocycles. The smallest absolute Gasteiger partial charge is 0.341 e. The molecule has 0 spiro atoms. The molecule has 0 bridgehead atoms. The van der Waals surface area contributed by atoms with Crippen LogP contribution in [-0.4, -0.2) is 53.8 Å². The van der Waals surface area contributed by atoms with Gasteiger partial charge in [0.05, 0.1) is 16.9 Å². The summed E-state index contributed by atoms with van der Waals surface area (Å²) < 4.78 is 44.4. The van der Waals surface area contributed by atoms with Crippen molar-refractivity contribution in [3.05, 3.63) is 69.8 Å². The zero-order valence-electron chi connectivity index (χ0n) is 18.5. The van der Waals surface area contributed by atoms with E-state index in [0.717, 1.165) is 35.4 Å². The van der Waals surface area contributed by atoms with Crippen LogP contribution >= 0.6 is 0 Å². The van der Waals surface area contributed by atoms with Crippen molar-refractivity contribution in [2.75, 3.05) is 32.1 Å². The van der Waals surface area contributed by atoms with Crippen molar-refractivity contribution in [3.63, 3.8) is 0 Å². The lowest BCUT2D eigenvalue weighted by atomic mass is 10.00. The molecule has 6 nitrogen and oxygen atoms in total. The van der Waals surface area contributed by atoms with Gasteiger partial charge in [0.25, 0.3) is 0 Å². The van der Waals surface area contributed by atoms with Crippen LogP contribution < -0.4 is 10.3 Å². The van der Waals surface area contributed by atoms with Gasteiger partial charge in [0, 0.05) is 36.8 Å². The molecule has 1 fully saturated rings. The number of halogens is 3. The lowest BCUT2D eigenvalue weighted by Crippen LogP contribution is -2.34. The minimum absolute atomic E-state index is 0.135. The fourth-order valence-electron chi connectivity index (χ4n) is 4.43. The van der Waals surface area contributed by atoms with E-state index in [1.54, 1.807) is 0 Å². The number of aromatic nitrogens is 1. The highest BCUT2D eigenvalue weighted by atomic mass is 19.1. The second-order valence-electron chi connectivity index (χ2n) is 8.66. The molecule has 0 saturated carbocycles.